The standard InChI is InChI=1S/C15H23N3O/c1-15(2)8-4-3-5-12(15)14(19)18-13-7-6-11(9-16)10-17-13/h6-7,10,12H,3-5,8-9,16H2,1-2H3,(H,17,18,19). The van der Waals surface area contributed by atoms with Crippen LogP contribution < -0.4 is 11.1 Å². The minimum Gasteiger partial charge on any atom is -0.326 e. The first-order chi connectivity index (χ1) is 9.03. The molecule has 1 heterocycles. The second-order valence-corrected chi connectivity index (χ2v) is 6.03. The number of hydrogen-bond donors (Lipinski definition) is 2. The molecule has 0 aromatic carbocycles. The van der Waals surface area contributed by atoms with Crippen LogP contribution in [0.25, 0.3) is 0 Å². The van der Waals surface area contributed by atoms with E-state index < -0.39 is 0 Å². The maximum atomic E-state index is 12.4. The third kappa shape index (κ3) is 3.32. The van der Waals surface area contributed by atoms with E-state index in [1.807, 2.05) is 12.1 Å². The van der Waals surface area contributed by atoms with Crippen molar-refractivity contribution in [2.45, 2.75) is 46.1 Å². The van der Waals surface area contributed by atoms with Crippen LogP contribution in [0.2, 0.25) is 0 Å². The molecule has 1 amide bonds. The molecule has 2 rings (SSSR count). The van der Waals surface area contributed by atoms with E-state index in [9.17, 15) is 4.79 Å². The fraction of sp³-hybridized carbons (Fsp3) is 0.600. The predicted octanol–water partition coefficient (Wildman–Crippen LogP) is 2.70. The van der Waals surface area contributed by atoms with E-state index in [-0.39, 0.29) is 17.2 Å². The van der Waals surface area contributed by atoms with Gasteiger partial charge in [0.05, 0.1) is 0 Å². The molecule has 1 saturated carbocycles. The van der Waals surface area contributed by atoms with Gasteiger partial charge in [-0.3, -0.25) is 4.79 Å². The molecule has 4 heteroatoms. The molecule has 1 atom stereocenters. The van der Waals surface area contributed by atoms with Gasteiger partial charge >= 0.3 is 0 Å². The third-order valence-corrected chi connectivity index (χ3v) is 4.14. The number of anilines is 1. The Labute approximate surface area is 114 Å². The van der Waals surface area contributed by atoms with E-state index in [1.165, 1.54) is 6.42 Å². The fourth-order valence-corrected chi connectivity index (χ4v) is 2.81. The summed E-state index contributed by atoms with van der Waals surface area (Å²) in [7, 11) is 0. The molecule has 0 spiro atoms. The van der Waals surface area contributed by atoms with Gasteiger partial charge in [0.15, 0.2) is 0 Å². The van der Waals surface area contributed by atoms with Crippen molar-refractivity contribution >= 4 is 11.7 Å². The number of nitrogens with zero attached hydrogens (tertiary/aromatic N) is 1. The first kappa shape index (κ1) is 14.0. The second kappa shape index (κ2) is 5.70. The lowest BCUT2D eigenvalue weighted by atomic mass is 9.68. The third-order valence-electron chi connectivity index (χ3n) is 4.14. The first-order valence-electron chi connectivity index (χ1n) is 6.99. The molecule has 0 bridgehead atoms. The quantitative estimate of drug-likeness (QED) is 0.879. The molecule has 1 aromatic heterocycles. The van der Waals surface area contributed by atoms with Gasteiger partial charge in [0.2, 0.25) is 5.91 Å². The van der Waals surface area contributed by atoms with Gasteiger partial charge in [-0.25, -0.2) is 4.98 Å². The molecule has 1 aliphatic carbocycles. The Bertz CT molecular complexity index is 439. The highest BCUT2D eigenvalue weighted by molar-refractivity contribution is 5.92. The average Bonchev–Trinajstić information content (AvgIpc) is 2.39. The zero-order chi connectivity index (χ0) is 13.9. The smallest absolute Gasteiger partial charge is 0.229 e. The van der Waals surface area contributed by atoms with Crippen molar-refractivity contribution in [3.63, 3.8) is 0 Å². The number of rotatable bonds is 3. The summed E-state index contributed by atoms with van der Waals surface area (Å²) in [4.78, 5) is 16.6. The highest BCUT2D eigenvalue weighted by Gasteiger charge is 2.37. The Morgan fingerprint density at radius 2 is 2.26 bits per heavy atom. The maximum absolute atomic E-state index is 12.4. The minimum absolute atomic E-state index is 0.0808. The molecule has 0 aliphatic heterocycles. The number of hydrogen-bond acceptors (Lipinski definition) is 3. The van der Waals surface area contributed by atoms with Gasteiger partial charge in [0.25, 0.3) is 0 Å². The van der Waals surface area contributed by atoms with Gasteiger partial charge in [0, 0.05) is 18.7 Å². The molecular formula is C15H23N3O. The van der Waals surface area contributed by atoms with E-state index >= 15 is 0 Å². The minimum atomic E-state index is 0.0808. The van der Waals surface area contributed by atoms with Crippen LogP contribution in [0.4, 0.5) is 5.82 Å². The summed E-state index contributed by atoms with van der Waals surface area (Å²) in [5.41, 5.74) is 6.58. The van der Waals surface area contributed by atoms with Crippen LogP contribution >= 0.6 is 0 Å². The van der Waals surface area contributed by atoms with E-state index in [0.29, 0.717) is 12.4 Å². The Morgan fingerprint density at radius 3 is 2.84 bits per heavy atom. The number of pyridine rings is 1. The Morgan fingerprint density at radius 1 is 1.47 bits per heavy atom. The average molecular weight is 261 g/mol. The van der Waals surface area contributed by atoms with E-state index in [1.54, 1.807) is 6.20 Å². The number of aromatic nitrogens is 1. The lowest BCUT2D eigenvalue weighted by Crippen LogP contribution is -2.37. The summed E-state index contributed by atoms with van der Waals surface area (Å²) in [5, 5.41) is 2.93. The van der Waals surface area contributed by atoms with E-state index in [4.69, 9.17) is 5.73 Å². The molecule has 0 radical (unpaired) electrons. The normalized spacial score (nSPS) is 21.9. The molecule has 3 N–H and O–H groups in total. The summed E-state index contributed by atoms with van der Waals surface area (Å²) >= 11 is 0. The molecule has 104 valence electrons. The van der Waals surface area contributed by atoms with Crippen LogP contribution in [0, 0.1) is 11.3 Å². The topological polar surface area (TPSA) is 68.0 Å². The number of amides is 1. The van der Waals surface area contributed by atoms with E-state index in [2.05, 4.69) is 24.1 Å². The largest absolute Gasteiger partial charge is 0.326 e. The fourth-order valence-electron chi connectivity index (χ4n) is 2.81. The van der Waals surface area contributed by atoms with Crippen molar-refractivity contribution < 1.29 is 4.79 Å². The molecule has 1 aliphatic rings. The summed E-state index contributed by atoms with van der Waals surface area (Å²) in [6.45, 7) is 4.83. The molecule has 19 heavy (non-hydrogen) atoms. The predicted molar refractivity (Wildman–Crippen MR) is 76.5 cm³/mol. The monoisotopic (exact) mass is 261 g/mol. The van der Waals surface area contributed by atoms with Crippen molar-refractivity contribution in [1.82, 2.24) is 4.98 Å². The van der Waals surface area contributed by atoms with Gasteiger partial charge in [-0.1, -0.05) is 32.8 Å². The van der Waals surface area contributed by atoms with Crippen LogP contribution in [-0.4, -0.2) is 10.9 Å². The van der Waals surface area contributed by atoms with Crippen LogP contribution in [-0.2, 0) is 11.3 Å². The van der Waals surface area contributed by atoms with E-state index in [0.717, 1.165) is 24.8 Å². The van der Waals surface area contributed by atoms with Crippen molar-refractivity contribution in [2.75, 3.05) is 5.32 Å². The number of carbonyl (C=O) groups is 1. The van der Waals surface area contributed by atoms with Crippen LogP contribution in [0.3, 0.4) is 0 Å². The number of nitrogens with two attached hydrogens (primary N) is 1. The van der Waals surface area contributed by atoms with Crippen molar-refractivity contribution in [1.29, 1.82) is 0 Å². The van der Waals surface area contributed by atoms with Gasteiger partial charge in [0.1, 0.15) is 5.82 Å². The lowest BCUT2D eigenvalue weighted by Gasteiger charge is -2.37. The Balaban J connectivity index is 2.03. The first-order valence-corrected chi connectivity index (χ1v) is 6.99. The lowest BCUT2D eigenvalue weighted by molar-refractivity contribution is -0.124. The van der Waals surface area contributed by atoms with Gasteiger partial charge in [-0.15, -0.1) is 0 Å². The summed E-state index contributed by atoms with van der Waals surface area (Å²) < 4.78 is 0. The zero-order valence-corrected chi connectivity index (χ0v) is 11.8. The van der Waals surface area contributed by atoms with Crippen LogP contribution in [0.5, 0.6) is 0 Å². The molecule has 1 aromatic rings. The molecule has 1 unspecified atom stereocenters. The van der Waals surface area contributed by atoms with Crippen molar-refractivity contribution in [2.24, 2.45) is 17.1 Å². The van der Waals surface area contributed by atoms with Gasteiger partial charge < -0.3 is 11.1 Å². The summed E-state index contributed by atoms with van der Waals surface area (Å²) in [6, 6.07) is 3.71. The van der Waals surface area contributed by atoms with Gasteiger partial charge in [-0.2, -0.15) is 0 Å². The highest BCUT2D eigenvalue weighted by atomic mass is 16.2. The van der Waals surface area contributed by atoms with Gasteiger partial charge in [-0.05, 0) is 29.9 Å². The molecule has 0 saturated heterocycles. The molecule has 4 nitrogen and oxygen atoms in total. The highest BCUT2D eigenvalue weighted by Crippen LogP contribution is 2.40. The Kier molecular flexibility index (Phi) is 4.20. The molecule has 1 fully saturated rings. The van der Waals surface area contributed by atoms with Crippen LogP contribution in [0.1, 0.15) is 45.1 Å². The SMILES string of the molecule is CC1(C)CCCCC1C(=O)Nc1ccc(CN)cn1. The maximum Gasteiger partial charge on any atom is 0.229 e. The Hall–Kier alpha value is -1.42. The zero-order valence-electron chi connectivity index (χ0n) is 11.8. The van der Waals surface area contributed by atoms with Crippen molar-refractivity contribution in [3.8, 4) is 0 Å². The van der Waals surface area contributed by atoms with Crippen molar-refractivity contribution in [3.05, 3.63) is 23.9 Å². The second-order valence-electron chi connectivity index (χ2n) is 6.03. The summed E-state index contributed by atoms with van der Waals surface area (Å²) in [5.74, 6) is 0.790. The number of carbonyl (C=O) groups excluding carboxylic acids is 1. The molecular weight excluding hydrogens is 238 g/mol. The number of nitrogens with one attached hydrogen (secondary N) is 1. The van der Waals surface area contributed by atoms with Crippen LogP contribution in [0.15, 0.2) is 18.3 Å². The summed E-state index contributed by atoms with van der Waals surface area (Å²) in [6.07, 6.45) is 6.16.